The number of carbonyl (C=O) groups excluding carboxylic acids is 1. The van der Waals surface area contributed by atoms with E-state index in [0.29, 0.717) is 19.1 Å². The molecule has 0 atom stereocenters. The van der Waals surface area contributed by atoms with Crippen molar-refractivity contribution in [3.8, 4) is 5.75 Å². The second kappa shape index (κ2) is 9.28. The van der Waals surface area contributed by atoms with E-state index in [9.17, 15) is 4.79 Å². The summed E-state index contributed by atoms with van der Waals surface area (Å²) in [6.45, 7) is 10.4. The first-order valence-corrected chi connectivity index (χ1v) is 8.62. The van der Waals surface area contributed by atoms with Crippen LogP contribution < -0.4 is 15.4 Å². The SMILES string of the molecule is CC(C)COc1ccc(C(C)(C)NC(=O)CNCC2CC2)cc1.Cl. The van der Waals surface area contributed by atoms with Crippen molar-refractivity contribution in [3.63, 3.8) is 0 Å². The maximum atomic E-state index is 12.1. The molecule has 1 fully saturated rings. The highest BCUT2D eigenvalue weighted by Crippen LogP contribution is 2.27. The lowest BCUT2D eigenvalue weighted by Crippen LogP contribution is -2.45. The van der Waals surface area contributed by atoms with Crippen LogP contribution in [0.15, 0.2) is 24.3 Å². The summed E-state index contributed by atoms with van der Waals surface area (Å²) in [6.07, 6.45) is 2.59. The van der Waals surface area contributed by atoms with Gasteiger partial charge in [-0.2, -0.15) is 0 Å². The molecule has 2 rings (SSSR count). The lowest BCUT2D eigenvalue weighted by Gasteiger charge is -2.27. The number of halogens is 1. The Bertz CT molecular complexity index is 511. The Balaban J connectivity index is 0.00000288. The van der Waals surface area contributed by atoms with Crippen LogP contribution in [0.5, 0.6) is 5.75 Å². The first kappa shape index (κ1) is 20.8. The van der Waals surface area contributed by atoms with Gasteiger partial charge in [-0.1, -0.05) is 26.0 Å². The van der Waals surface area contributed by atoms with Gasteiger partial charge in [0, 0.05) is 0 Å². The van der Waals surface area contributed by atoms with Gasteiger partial charge in [-0.15, -0.1) is 12.4 Å². The first-order valence-electron chi connectivity index (χ1n) is 8.62. The van der Waals surface area contributed by atoms with E-state index >= 15 is 0 Å². The molecule has 4 nitrogen and oxygen atoms in total. The molecule has 2 N–H and O–H groups in total. The maximum Gasteiger partial charge on any atom is 0.234 e. The average Bonchev–Trinajstić information content (AvgIpc) is 3.29. The zero-order valence-corrected chi connectivity index (χ0v) is 16.0. The van der Waals surface area contributed by atoms with Crippen LogP contribution in [0.2, 0.25) is 0 Å². The molecule has 0 aromatic heterocycles. The Morgan fingerprint density at radius 3 is 2.42 bits per heavy atom. The lowest BCUT2D eigenvalue weighted by atomic mass is 9.94. The summed E-state index contributed by atoms with van der Waals surface area (Å²) in [5.74, 6) is 2.20. The largest absolute Gasteiger partial charge is 0.493 e. The Kier molecular flexibility index (Phi) is 8.04. The summed E-state index contributed by atoms with van der Waals surface area (Å²) < 4.78 is 5.70. The Hall–Kier alpha value is -1.26. The number of ether oxygens (including phenoxy) is 1. The van der Waals surface area contributed by atoms with Gasteiger partial charge in [-0.25, -0.2) is 0 Å². The fraction of sp³-hybridized carbons (Fsp3) is 0.632. The zero-order valence-electron chi connectivity index (χ0n) is 15.2. The number of hydrogen-bond donors (Lipinski definition) is 2. The summed E-state index contributed by atoms with van der Waals surface area (Å²) in [7, 11) is 0. The molecular weight excluding hydrogens is 324 g/mol. The normalized spacial score (nSPS) is 14.2. The third-order valence-electron chi connectivity index (χ3n) is 4.03. The molecule has 0 aliphatic heterocycles. The van der Waals surface area contributed by atoms with Gasteiger partial charge in [-0.05, 0) is 62.8 Å². The van der Waals surface area contributed by atoms with Crippen molar-refractivity contribution in [1.82, 2.24) is 10.6 Å². The van der Waals surface area contributed by atoms with Gasteiger partial charge in [-0.3, -0.25) is 4.79 Å². The molecule has 24 heavy (non-hydrogen) atoms. The number of rotatable bonds is 9. The maximum absolute atomic E-state index is 12.1. The molecular formula is C19H31ClN2O2. The van der Waals surface area contributed by atoms with E-state index in [1.165, 1.54) is 12.8 Å². The number of nitrogens with one attached hydrogen (secondary N) is 2. The molecule has 5 heteroatoms. The monoisotopic (exact) mass is 354 g/mol. The molecule has 0 radical (unpaired) electrons. The van der Waals surface area contributed by atoms with E-state index in [-0.39, 0.29) is 18.3 Å². The Morgan fingerprint density at radius 2 is 1.88 bits per heavy atom. The van der Waals surface area contributed by atoms with E-state index in [2.05, 4.69) is 24.5 Å². The topological polar surface area (TPSA) is 50.4 Å². The summed E-state index contributed by atoms with van der Waals surface area (Å²) in [5.41, 5.74) is 0.680. The molecule has 1 aliphatic carbocycles. The summed E-state index contributed by atoms with van der Waals surface area (Å²) >= 11 is 0. The predicted octanol–water partition coefficient (Wildman–Crippen LogP) is 3.49. The third-order valence-corrected chi connectivity index (χ3v) is 4.03. The zero-order chi connectivity index (χ0) is 16.9. The minimum atomic E-state index is -0.394. The van der Waals surface area contributed by atoms with Crippen molar-refractivity contribution in [1.29, 1.82) is 0 Å². The molecule has 1 saturated carbocycles. The molecule has 0 saturated heterocycles. The number of carbonyl (C=O) groups is 1. The fourth-order valence-electron chi connectivity index (χ4n) is 2.41. The first-order chi connectivity index (χ1) is 10.9. The van der Waals surface area contributed by atoms with Crippen molar-refractivity contribution in [2.24, 2.45) is 11.8 Å². The summed E-state index contributed by atoms with van der Waals surface area (Å²) in [6, 6.07) is 7.98. The molecule has 136 valence electrons. The highest BCUT2D eigenvalue weighted by atomic mass is 35.5. The van der Waals surface area contributed by atoms with Crippen LogP contribution >= 0.6 is 12.4 Å². The molecule has 1 aromatic carbocycles. The van der Waals surface area contributed by atoms with Crippen molar-refractivity contribution in [2.45, 2.75) is 46.1 Å². The smallest absolute Gasteiger partial charge is 0.234 e. The molecule has 1 aromatic rings. The van der Waals surface area contributed by atoms with Crippen LogP contribution in [-0.2, 0) is 10.3 Å². The van der Waals surface area contributed by atoms with Crippen LogP contribution in [0.3, 0.4) is 0 Å². The van der Waals surface area contributed by atoms with Crippen LogP contribution in [0.4, 0.5) is 0 Å². The second-order valence-corrected chi connectivity index (χ2v) is 7.48. The van der Waals surface area contributed by atoms with E-state index in [1.54, 1.807) is 0 Å². The molecule has 0 heterocycles. The van der Waals surface area contributed by atoms with Gasteiger partial charge in [0.05, 0.1) is 18.7 Å². The Morgan fingerprint density at radius 1 is 1.25 bits per heavy atom. The van der Waals surface area contributed by atoms with Crippen LogP contribution in [0.25, 0.3) is 0 Å². The predicted molar refractivity (Wildman–Crippen MR) is 101 cm³/mol. The van der Waals surface area contributed by atoms with Crippen LogP contribution in [0, 0.1) is 11.8 Å². The summed E-state index contributed by atoms with van der Waals surface area (Å²) in [5, 5.41) is 6.32. The van der Waals surface area contributed by atoms with Gasteiger partial charge < -0.3 is 15.4 Å². The van der Waals surface area contributed by atoms with E-state index < -0.39 is 5.54 Å². The van der Waals surface area contributed by atoms with Crippen molar-refractivity contribution >= 4 is 18.3 Å². The number of amides is 1. The molecule has 1 aliphatic rings. The standard InChI is InChI=1S/C19H30N2O2.ClH/c1-14(2)13-23-17-9-7-16(8-10-17)19(3,4)21-18(22)12-20-11-15-5-6-15;/h7-10,14-15,20H,5-6,11-13H2,1-4H3,(H,21,22);1H. The van der Waals surface area contributed by atoms with Gasteiger partial charge in [0.1, 0.15) is 5.75 Å². The van der Waals surface area contributed by atoms with Gasteiger partial charge >= 0.3 is 0 Å². The average molecular weight is 355 g/mol. The van der Waals surface area contributed by atoms with E-state index in [1.807, 2.05) is 38.1 Å². The highest BCUT2D eigenvalue weighted by molar-refractivity contribution is 5.85. The number of hydrogen-bond acceptors (Lipinski definition) is 3. The Labute approximate surface area is 152 Å². The molecule has 0 unspecified atom stereocenters. The van der Waals surface area contributed by atoms with Crippen molar-refractivity contribution in [3.05, 3.63) is 29.8 Å². The van der Waals surface area contributed by atoms with E-state index in [0.717, 1.165) is 23.8 Å². The second-order valence-electron chi connectivity index (χ2n) is 7.48. The van der Waals surface area contributed by atoms with Crippen molar-refractivity contribution in [2.75, 3.05) is 19.7 Å². The van der Waals surface area contributed by atoms with Gasteiger partial charge in [0.2, 0.25) is 5.91 Å². The van der Waals surface area contributed by atoms with E-state index in [4.69, 9.17) is 4.74 Å². The third kappa shape index (κ3) is 7.10. The minimum Gasteiger partial charge on any atom is -0.493 e. The summed E-state index contributed by atoms with van der Waals surface area (Å²) in [4.78, 5) is 12.1. The quantitative estimate of drug-likeness (QED) is 0.713. The lowest BCUT2D eigenvalue weighted by molar-refractivity contribution is -0.121. The van der Waals surface area contributed by atoms with Gasteiger partial charge in [0.25, 0.3) is 0 Å². The van der Waals surface area contributed by atoms with Crippen LogP contribution in [-0.4, -0.2) is 25.6 Å². The van der Waals surface area contributed by atoms with Crippen molar-refractivity contribution < 1.29 is 9.53 Å². The molecule has 0 spiro atoms. The van der Waals surface area contributed by atoms with Gasteiger partial charge in [0.15, 0.2) is 0 Å². The fourth-order valence-corrected chi connectivity index (χ4v) is 2.41. The molecule has 0 bridgehead atoms. The molecule has 1 amide bonds. The van der Waals surface area contributed by atoms with Crippen LogP contribution in [0.1, 0.15) is 46.1 Å². The minimum absolute atomic E-state index is 0. The highest BCUT2D eigenvalue weighted by Gasteiger charge is 2.24. The number of benzene rings is 1.